The summed E-state index contributed by atoms with van der Waals surface area (Å²) in [6.45, 7) is 3.89. The Balaban J connectivity index is 3.25. The molecule has 12 heavy (non-hydrogen) atoms. The van der Waals surface area contributed by atoms with Crippen LogP contribution in [0.2, 0.25) is 0 Å². The summed E-state index contributed by atoms with van der Waals surface area (Å²) in [5.74, 6) is 2.57. The van der Waals surface area contributed by atoms with E-state index >= 15 is 0 Å². The van der Waals surface area contributed by atoms with Gasteiger partial charge in [-0.1, -0.05) is 5.92 Å². The first-order chi connectivity index (χ1) is 5.66. The molecule has 0 amide bonds. The Labute approximate surface area is 72.8 Å². The molecule has 0 saturated heterocycles. The zero-order valence-corrected chi connectivity index (χ0v) is 7.33. The van der Waals surface area contributed by atoms with Crippen LogP contribution in [0.3, 0.4) is 0 Å². The summed E-state index contributed by atoms with van der Waals surface area (Å²) < 4.78 is 0. The van der Waals surface area contributed by atoms with E-state index in [0.29, 0.717) is 0 Å². The fraction of sp³-hybridized carbons (Fsp3) is 0.300. The van der Waals surface area contributed by atoms with Crippen molar-refractivity contribution in [3.63, 3.8) is 0 Å². The first kappa shape index (κ1) is 8.76. The van der Waals surface area contributed by atoms with Gasteiger partial charge in [0.2, 0.25) is 0 Å². The fourth-order valence-corrected chi connectivity index (χ4v) is 1.15. The van der Waals surface area contributed by atoms with Gasteiger partial charge >= 0.3 is 0 Å². The van der Waals surface area contributed by atoms with Crippen LogP contribution in [0.4, 0.5) is 0 Å². The van der Waals surface area contributed by atoms with Gasteiger partial charge in [0.1, 0.15) is 0 Å². The Bertz CT molecular complexity index is 321. The van der Waals surface area contributed by atoms with Crippen molar-refractivity contribution >= 4 is 0 Å². The van der Waals surface area contributed by atoms with Crippen LogP contribution >= 0.6 is 0 Å². The van der Waals surface area contributed by atoms with Gasteiger partial charge in [-0.05, 0) is 25.0 Å². The Morgan fingerprint density at radius 3 is 2.75 bits per heavy atom. The number of nitrogens with zero attached hydrogens (tertiary/aromatic N) is 1. The molecule has 0 aromatic carbocycles. The van der Waals surface area contributed by atoms with Crippen LogP contribution in [0.5, 0.6) is 0 Å². The van der Waals surface area contributed by atoms with Crippen LogP contribution < -0.4 is 5.73 Å². The second-order valence-electron chi connectivity index (χ2n) is 2.83. The highest BCUT2D eigenvalue weighted by atomic mass is 14.7. The molecule has 0 bridgehead atoms. The van der Waals surface area contributed by atoms with E-state index in [1.54, 1.807) is 12.4 Å². The molecule has 2 nitrogen and oxygen atoms in total. The third kappa shape index (κ3) is 1.46. The smallest absolute Gasteiger partial charge is 0.0458 e. The molecular formula is C10H12N2. The number of aromatic nitrogens is 1. The number of nitrogens with two attached hydrogens (primary N) is 1. The Hall–Kier alpha value is -1.33. The summed E-state index contributed by atoms with van der Waals surface area (Å²) >= 11 is 0. The van der Waals surface area contributed by atoms with Gasteiger partial charge in [0, 0.05) is 24.0 Å². The van der Waals surface area contributed by atoms with Gasteiger partial charge in [-0.3, -0.25) is 4.98 Å². The lowest BCUT2D eigenvalue weighted by Crippen LogP contribution is -2.08. The molecule has 0 saturated carbocycles. The molecule has 0 aliphatic carbocycles. The lowest BCUT2D eigenvalue weighted by molar-refractivity contribution is 0.802. The van der Waals surface area contributed by atoms with Gasteiger partial charge in [0.25, 0.3) is 0 Å². The summed E-state index contributed by atoms with van der Waals surface area (Å²) in [7, 11) is 0. The molecule has 0 spiro atoms. The van der Waals surface area contributed by atoms with E-state index in [4.69, 9.17) is 12.2 Å². The lowest BCUT2D eigenvalue weighted by Gasteiger charge is -2.09. The minimum Gasteiger partial charge on any atom is -0.324 e. The quantitative estimate of drug-likeness (QED) is 0.630. The van der Waals surface area contributed by atoms with Crippen molar-refractivity contribution in [3.8, 4) is 12.3 Å². The predicted molar refractivity (Wildman–Crippen MR) is 49.5 cm³/mol. The first-order valence-electron chi connectivity index (χ1n) is 3.83. The van der Waals surface area contributed by atoms with E-state index in [9.17, 15) is 0 Å². The summed E-state index contributed by atoms with van der Waals surface area (Å²) in [4.78, 5) is 4.02. The average Bonchev–Trinajstić information content (AvgIpc) is 2.04. The largest absolute Gasteiger partial charge is 0.324 e. The monoisotopic (exact) mass is 160 g/mol. The Morgan fingerprint density at radius 2 is 2.25 bits per heavy atom. The fourth-order valence-electron chi connectivity index (χ4n) is 1.15. The van der Waals surface area contributed by atoms with Gasteiger partial charge in [0.05, 0.1) is 0 Å². The van der Waals surface area contributed by atoms with E-state index in [2.05, 4.69) is 10.9 Å². The standard InChI is InChI=1S/C10H12N2/c1-4-9-5-12-6-10(7(9)2)8(3)11/h1,5-6,8H,11H2,2-3H3/t8-/m1/s1. The summed E-state index contributed by atoms with van der Waals surface area (Å²) in [6, 6.07) is -0.00852. The van der Waals surface area contributed by atoms with E-state index in [1.807, 2.05) is 13.8 Å². The van der Waals surface area contributed by atoms with Crippen LogP contribution in [0, 0.1) is 19.3 Å². The zero-order chi connectivity index (χ0) is 9.14. The van der Waals surface area contributed by atoms with Gasteiger partial charge in [0.15, 0.2) is 0 Å². The van der Waals surface area contributed by atoms with Crippen LogP contribution in [0.25, 0.3) is 0 Å². The molecule has 1 rings (SSSR count). The molecule has 62 valence electrons. The Morgan fingerprint density at radius 1 is 1.58 bits per heavy atom. The first-order valence-corrected chi connectivity index (χ1v) is 3.83. The molecule has 2 N–H and O–H groups in total. The zero-order valence-electron chi connectivity index (χ0n) is 7.33. The molecule has 0 aliphatic rings. The van der Waals surface area contributed by atoms with E-state index in [1.165, 1.54) is 0 Å². The molecule has 2 heteroatoms. The lowest BCUT2D eigenvalue weighted by atomic mass is 10.0. The molecule has 1 aromatic heterocycles. The summed E-state index contributed by atoms with van der Waals surface area (Å²) in [5, 5.41) is 0. The van der Waals surface area contributed by atoms with Crippen molar-refractivity contribution in [2.24, 2.45) is 5.73 Å². The minimum atomic E-state index is -0.00852. The van der Waals surface area contributed by atoms with Crippen molar-refractivity contribution in [2.45, 2.75) is 19.9 Å². The maximum atomic E-state index is 5.73. The minimum absolute atomic E-state index is 0.00852. The molecule has 0 unspecified atom stereocenters. The molecule has 0 radical (unpaired) electrons. The molecule has 0 aliphatic heterocycles. The number of hydrogen-bond acceptors (Lipinski definition) is 2. The SMILES string of the molecule is C#Cc1cncc([C@@H](C)N)c1C. The predicted octanol–water partition coefficient (Wildman–Crippen LogP) is 1.39. The van der Waals surface area contributed by atoms with E-state index in [-0.39, 0.29) is 6.04 Å². The van der Waals surface area contributed by atoms with Crippen molar-refractivity contribution in [2.75, 3.05) is 0 Å². The highest BCUT2D eigenvalue weighted by Gasteiger charge is 2.05. The van der Waals surface area contributed by atoms with Crippen molar-refractivity contribution in [1.82, 2.24) is 4.98 Å². The molecule has 1 aromatic rings. The van der Waals surface area contributed by atoms with E-state index in [0.717, 1.165) is 16.7 Å². The van der Waals surface area contributed by atoms with Gasteiger partial charge in [-0.15, -0.1) is 6.42 Å². The highest BCUT2D eigenvalue weighted by molar-refractivity contribution is 5.41. The highest BCUT2D eigenvalue weighted by Crippen LogP contribution is 2.16. The normalized spacial score (nSPS) is 12.2. The second kappa shape index (κ2) is 3.38. The maximum Gasteiger partial charge on any atom is 0.0458 e. The van der Waals surface area contributed by atoms with Crippen LogP contribution in [-0.4, -0.2) is 4.98 Å². The number of hydrogen-bond donors (Lipinski definition) is 1. The van der Waals surface area contributed by atoms with Crippen molar-refractivity contribution in [3.05, 3.63) is 29.1 Å². The van der Waals surface area contributed by atoms with Gasteiger partial charge < -0.3 is 5.73 Å². The van der Waals surface area contributed by atoms with Crippen LogP contribution in [0.1, 0.15) is 29.7 Å². The number of terminal acetylenes is 1. The number of rotatable bonds is 1. The molecular weight excluding hydrogens is 148 g/mol. The third-order valence-electron chi connectivity index (χ3n) is 1.90. The van der Waals surface area contributed by atoms with Gasteiger partial charge in [-0.25, -0.2) is 0 Å². The molecule has 0 fully saturated rings. The number of pyridine rings is 1. The maximum absolute atomic E-state index is 5.73. The van der Waals surface area contributed by atoms with Crippen LogP contribution in [0.15, 0.2) is 12.4 Å². The average molecular weight is 160 g/mol. The summed E-state index contributed by atoms with van der Waals surface area (Å²) in [6.07, 6.45) is 8.74. The Kier molecular flexibility index (Phi) is 2.47. The molecule has 1 heterocycles. The third-order valence-corrected chi connectivity index (χ3v) is 1.90. The van der Waals surface area contributed by atoms with Gasteiger partial charge in [-0.2, -0.15) is 0 Å². The van der Waals surface area contributed by atoms with Crippen molar-refractivity contribution < 1.29 is 0 Å². The van der Waals surface area contributed by atoms with Crippen molar-refractivity contribution in [1.29, 1.82) is 0 Å². The van der Waals surface area contributed by atoms with E-state index < -0.39 is 0 Å². The van der Waals surface area contributed by atoms with Crippen LogP contribution in [-0.2, 0) is 0 Å². The topological polar surface area (TPSA) is 38.9 Å². The molecule has 1 atom stereocenters. The second-order valence-corrected chi connectivity index (χ2v) is 2.83. The summed E-state index contributed by atoms with van der Waals surface area (Å²) in [5.41, 5.74) is 8.63.